The summed E-state index contributed by atoms with van der Waals surface area (Å²) in [5, 5.41) is 0.580. The fourth-order valence-corrected chi connectivity index (χ4v) is 6.03. The molecule has 1 heterocycles. The van der Waals surface area contributed by atoms with Gasteiger partial charge < -0.3 is 4.90 Å². The summed E-state index contributed by atoms with van der Waals surface area (Å²) in [4.78, 5) is 15.4. The first-order chi connectivity index (χ1) is 16.4. The molecule has 0 aromatic heterocycles. The van der Waals surface area contributed by atoms with Crippen molar-refractivity contribution in [1.29, 1.82) is 0 Å². The van der Waals surface area contributed by atoms with E-state index in [1.165, 1.54) is 4.31 Å². The molecule has 3 aromatic carbocycles. The Morgan fingerprint density at radius 1 is 0.794 bits per heavy atom. The van der Waals surface area contributed by atoms with Crippen LogP contribution in [0.15, 0.2) is 84.9 Å². The van der Waals surface area contributed by atoms with Gasteiger partial charge in [-0.15, -0.1) is 0 Å². The highest BCUT2D eigenvalue weighted by Gasteiger charge is 2.33. The normalized spacial score (nSPS) is 15.2. The van der Waals surface area contributed by atoms with Crippen LogP contribution in [-0.2, 0) is 33.7 Å². The van der Waals surface area contributed by atoms with Crippen LogP contribution in [0.2, 0.25) is 5.02 Å². The zero-order valence-corrected chi connectivity index (χ0v) is 20.6. The summed E-state index contributed by atoms with van der Waals surface area (Å²) in [5.74, 6) is -0.159. The molecule has 3 aromatic rings. The van der Waals surface area contributed by atoms with Crippen molar-refractivity contribution >= 4 is 27.5 Å². The van der Waals surface area contributed by atoms with Crippen LogP contribution in [0.1, 0.15) is 29.5 Å². The molecular formula is C27H29ClN2O3S. The smallest absolute Gasteiger partial charge is 0.226 e. The Morgan fingerprint density at radius 3 is 1.79 bits per heavy atom. The van der Waals surface area contributed by atoms with Gasteiger partial charge in [0.05, 0.1) is 5.75 Å². The van der Waals surface area contributed by atoms with Crippen molar-refractivity contribution < 1.29 is 13.2 Å². The second kappa shape index (κ2) is 11.2. The maximum absolute atomic E-state index is 13.5. The number of hydrogen-bond donors (Lipinski definition) is 0. The predicted octanol–water partition coefficient (Wildman–Crippen LogP) is 5.11. The standard InChI is InChI=1S/C27H29ClN2O3S/c28-26-13-11-24(12-14-26)21-34(32,33)30-17-15-25(16-18-30)27(31)29(19-22-7-3-1-4-8-22)20-23-9-5-2-6-10-23/h1-14,25H,15-21H2. The second-order valence-corrected chi connectivity index (χ2v) is 11.1. The van der Waals surface area contributed by atoms with Crippen molar-refractivity contribution in [3.63, 3.8) is 0 Å². The predicted molar refractivity (Wildman–Crippen MR) is 136 cm³/mol. The number of piperidine rings is 1. The van der Waals surface area contributed by atoms with Gasteiger partial charge in [-0.1, -0.05) is 84.4 Å². The minimum absolute atomic E-state index is 0.0586. The molecule has 1 fully saturated rings. The number of nitrogens with zero attached hydrogens (tertiary/aromatic N) is 2. The van der Waals surface area contributed by atoms with Crippen LogP contribution in [0.25, 0.3) is 0 Å². The van der Waals surface area contributed by atoms with Gasteiger partial charge in [-0.05, 0) is 41.7 Å². The van der Waals surface area contributed by atoms with E-state index >= 15 is 0 Å². The lowest BCUT2D eigenvalue weighted by Crippen LogP contribution is -2.44. The van der Waals surface area contributed by atoms with Crippen LogP contribution in [0.4, 0.5) is 0 Å². The number of hydrogen-bond acceptors (Lipinski definition) is 3. The number of carbonyl (C=O) groups excluding carboxylic acids is 1. The minimum Gasteiger partial charge on any atom is -0.334 e. The van der Waals surface area contributed by atoms with E-state index in [0.717, 1.165) is 11.1 Å². The molecule has 0 unspecified atom stereocenters. The van der Waals surface area contributed by atoms with Gasteiger partial charge in [0.1, 0.15) is 0 Å². The summed E-state index contributed by atoms with van der Waals surface area (Å²) in [5.41, 5.74) is 2.86. The monoisotopic (exact) mass is 496 g/mol. The van der Waals surface area contributed by atoms with E-state index in [2.05, 4.69) is 0 Å². The quantitative estimate of drug-likeness (QED) is 0.435. The lowest BCUT2D eigenvalue weighted by Gasteiger charge is -2.34. The molecule has 0 atom stereocenters. The maximum atomic E-state index is 13.5. The molecule has 0 aliphatic carbocycles. The Hall–Kier alpha value is -2.67. The topological polar surface area (TPSA) is 57.7 Å². The molecule has 1 aliphatic heterocycles. The fraction of sp³-hybridized carbons (Fsp3) is 0.296. The third-order valence-corrected chi connectivity index (χ3v) is 8.31. The molecule has 4 rings (SSSR count). The Morgan fingerprint density at radius 2 is 1.29 bits per heavy atom. The molecular weight excluding hydrogens is 468 g/mol. The summed E-state index contributed by atoms with van der Waals surface area (Å²) < 4.78 is 27.4. The van der Waals surface area contributed by atoms with Gasteiger partial charge >= 0.3 is 0 Å². The summed E-state index contributed by atoms with van der Waals surface area (Å²) >= 11 is 5.91. The molecule has 0 radical (unpaired) electrons. The number of benzene rings is 3. The third-order valence-electron chi connectivity index (χ3n) is 6.20. The molecule has 0 bridgehead atoms. The van der Waals surface area contributed by atoms with Gasteiger partial charge in [0.15, 0.2) is 0 Å². The van der Waals surface area contributed by atoms with Crippen LogP contribution in [0.5, 0.6) is 0 Å². The average molecular weight is 497 g/mol. The van der Waals surface area contributed by atoms with E-state index < -0.39 is 10.0 Å². The summed E-state index contributed by atoms with van der Waals surface area (Å²) in [6.45, 7) is 1.78. The van der Waals surface area contributed by atoms with Crippen LogP contribution in [0.3, 0.4) is 0 Å². The number of halogens is 1. The van der Waals surface area contributed by atoms with Crippen molar-refractivity contribution in [2.24, 2.45) is 5.92 Å². The first-order valence-corrected chi connectivity index (χ1v) is 13.5. The van der Waals surface area contributed by atoms with E-state index in [1.54, 1.807) is 24.3 Å². The van der Waals surface area contributed by atoms with Crippen molar-refractivity contribution in [3.8, 4) is 0 Å². The van der Waals surface area contributed by atoms with Crippen molar-refractivity contribution in [2.45, 2.75) is 31.7 Å². The third kappa shape index (κ3) is 6.47. The summed E-state index contributed by atoms with van der Waals surface area (Å²) in [6.07, 6.45) is 1.05. The molecule has 0 N–H and O–H groups in total. The molecule has 5 nitrogen and oxygen atoms in total. The number of rotatable bonds is 8. The second-order valence-electron chi connectivity index (χ2n) is 8.72. The highest BCUT2D eigenvalue weighted by molar-refractivity contribution is 7.88. The van der Waals surface area contributed by atoms with Gasteiger partial charge in [0.25, 0.3) is 0 Å². The van der Waals surface area contributed by atoms with Crippen molar-refractivity contribution in [1.82, 2.24) is 9.21 Å². The Bertz CT molecular complexity index is 1140. The zero-order valence-electron chi connectivity index (χ0n) is 19.0. The van der Waals surface area contributed by atoms with E-state index in [0.29, 0.717) is 49.6 Å². The number of amides is 1. The Labute approximate surface area is 207 Å². The molecule has 0 saturated carbocycles. The van der Waals surface area contributed by atoms with Crippen LogP contribution < -0.4 is 0 Å². The van der Waals surface area contributed by atoms with E-state index in [4.69, 9.17) is 11.6 Å². The summed E-state index contributed by atoms with van der Waals surface area (Å²) in [7, 11) is -3.45. The van der Waals surface area contributed by atoms with Gasteiger partial charge in [-0.3, -0.25) is 4.79 Å². The highest BCUT2D eigenvalue weighted by atomic mass is 35.5. The van der Waals surface area contributed by atoms with Crippen molar-refractivity contribution in [2.75, 3.05) is 13.1 Å². The Balaban J connectivity index is 1.41. The lowest BCUT2D eigenvalue weighted by molar-refractivity contribution is -0.138. The van der Waals surface area contributed by atoms with Gasteiger partial charge in [0.2, 0.25) is 15.9 Å². The van der Waals surface area contributed by atoms with Gasteiger partial charge in [-0.2, -0.15) is 0 Å². The van der Waals surface area contributed by atoms with E-state index in [1.807, 2.05) is 65.6 Å². The van der Waals surface area contributed by atoms with Crippen molar-refractivity contribution in [3.05, 3.63) is 107 Å². The van der Waals surface area contributed by atoms with E-state index in [-0.39, 0.29) is 17.6 Å². The SMILES string of the molecule is O=C(C1CCN(S(=O)(=O)Cc2ccc(Cl)cc2)CC1)N(Cc1ccccc1)Cc1ccccc1. The first kappa shape index (κ1) is 24.5. The van der Waals surface area contributed by atoms with E-state index in [9.17, 15) is 13.2 Å². The zero-order chi connectivity index (χ0) is 24.0. The number of sulfonamides is 1. The van der Waals surface area contributed by atoms with Crippen LogP contribution in [-0.4, -0.2) is 36.6 Å². The molecule has 1 amide bonds. The van der Waals surface area contributed by atoms with Crippen LogP contribution in [0, 0.1) is 5.92 Å². The maximum Gasteiger partial charge on any atom is 0.226 e. The fourth-order valence-electron chi connectivity index (χ4n) is 4.34. The molecule has 7 heteroatoms. The minimum atomic E-state index is -3.45. The number of carbonyl (C=O) groups is 1. The summed E-state index contributed by atoms with van der Waals surface area (Å²) in [6, 6.07) is 26.8. The molecule has 1 aliphatic rings. The Kier molecular flexibility index (Phi) is 8.03. The molecule has 34 heavy (non-hydrogen) atoms. The van der Waals surface area contributed by atoms with Crippen LogP contribution >= 0.6 is 11.6 Å². The average Bonchev–Trinajstić information content (AvgIpc) is 2.86. The molecule has 0 spiro atoms. The van der Waals surface area contributed by atoms with Gasteiger partial charge in [0, 0.05) is 37.1 Å². The highest BCUT2D eigenvalue weighted by Crippen LogP contribution is 2.25. The molecule has 1 saturated heterocycles. The van der Waals surface area contributed by atoms with Gasteiger partial charge in [-0.25, -0.2) is 12.7 Å². The largest absolute Gasteiger partial charge is 0.334 e. The lowest BCUT2D eigenvalue weighted by atomic mass is 9.96. The molecule has 178 valence electrons. The first-order valence-electron chi connectivity index (χ1n) is 11.5.